The van der Waals surface area contributed by atoms with Crippen LogP contribution < -0.4 is 75.5 Å². The molecule has 0 bridgehead atoms. The molecule has 0 aliphatic heterocycles. The largest absolute Gasteiger partial charge is 1.00 e. The number of hydrogen-bond donors (Lipinski definition) is 7. The molecule has 0 fully saturated rings. The first-order chi connectivity index (χ1) is 21.1. The second-order valence-electron chi connectivity index (χ2n) is 9.37. The van der Waals surface area contributed by atoms with E-state index in [1.54, 1.807) is 30.3 Å². The number of phenolic OH excluding ortho intramolecular Hbond substituents is 1. The van der Waals surface area contributed by atoms with Gasteiger partial charge in [0.05, 0.1) is 16.3 Å². The van der Waals surface area contributed by atoms with Gasteiger partial charge in [-0.1, -0.05) is 18.2 Å². The summed E-state index contributed by atoms with van der Waals surface area (Å²) in [4.78, 5) is 21.3. The zero-order chi connectivity index (χ0) is 32.9. The van der Waals surface area contributed by atoms with Gasteiger partial charge in [-0.25, -0.2) is 0 Å². The average Bonchev–Trinajstić information content (AvgIpc) is 2.95. The average molecular weight is 729 g/mol. The van der Waals surface area contributed by atoms with Gasteiger partial charge < -0.3 is 29.4 Å². The minimum absolute atomic E-state index is 0. The molecule has 0 saturated carbocycles. The molecule has 242 valence electrons. The van der Waals surface area contributed by atoms with Crippen molar-refractivity contribution in [3.8, 4) is 5.75 Å². The summed E-state index contributed by atoms with van der Waals surface area (Å²) >= 11 is 6.05. The normalized spacial score (nSPS) is 12.3. The van der Waals surface area contributed by atoms with Gasteiger partial charge in [0, 0.05) is 11.9 Å². The molecule has 0 aliphatic carbocycles. The van der Waals surface area contributed by atoms with Crippen LogP contribution in [0.3, 0.4) is 0 Å². The predicted molar refractivity (Wildman–Crippen MR) is 164 cm³/mol. The Labute approximate surface area is 320 Å². The number of aromatic nitrogens is 3. The van der Waals surface area contributed by atoms with Gasteiger partial charge in [-0.3, -0.25) is 13.9 Å². The summed E-state index contributed by atoms with van der Waals surface area (Å²) in [5.74, 6) is -2.22. The van der Waals surface area contributed by atoms with Gasteiger partial charge in [0.1, 0.15) is 16.6 Å². The van der Waals surface area contributed by atoms with Crippen LogP contribution in [0.1, 0.15) is 22.1 Å². The molecule has 0 aliphatic rings. The number of azo groups is 1. The number of aromatic hydroxyl groups is 1. The monoisotopic (exact) mass is 728 g/mol. The molecule has 47 heavy (non-hydrogen) atoms. The number of hydrogen-bond acceptors (Lipinski definition) is 14. The zero-order valence-corrected chi connectivity index (χ0v) is 31.3. The summed E-state index contributed by atoms with van der Waals surface area (Å²) in [5.41, 5.74) is 4.86. The van der Waals surface area contributed by atoms with Gasteiger partial charge in [0.25, 0.3) is 20.2 Å². The number of aliphatic carboxylic acids is 1. The van der Waals surface area contributed by atoms with Crippen LogP contribution in [0.5, 0.6) is 5.75 Å². The maximum Gasteiger partial charge on any atom is 1.00 e. The standard InChI is InChI=1S/C25H25ClN8O9S2.2Na.2H/c26-23-30-24(28-9-5-4-8-16(27)22(36)37)32-25(31-23)29-17-12-15(44(38,39)40)10-13-11-18(45(41,42)43)20(21(35)19(13)17)34-33-14-6-2-1-3-7-14;;;;/h1-3,6-7,10-12,16,35H,4-5,8-9,27H2,(H,36,37)(H,38,39,40)(H,41,42,43)(H2,28,29,30,31,32);;;;/q;2*+1;2*-1. The second kappa shape index (κ2) is 17.2. The predicted octanol–water partition coefficient (Wildman–Crippen LogP) is -1.74. The first kappa shape index (κ1) is 40.6. The smallest absolute Gasteiger partial charge is 1.00 e. The Balaban J connectivity index is 0.00000576. The Morgan fingerprint density at radius 2 is 1.62 bits per heavy atom. The molecule has 0 radical (unpaired) electrons. The maximum atomic E-state index is 12.3. The van der Waals surface area contributed by atoms with Crippen molar-refractivity contribution in [2.75, 3.05) is 17.2 Å². The second-order valence-corrected chi connectivity index (χ2v) is 12.5. The van der Waals surface area contributed by atoms with E-state index in [1.807, 2.05) is 0 Å². The number of benzene rings is 3. The number of nitrogens with two attached hydrogens (primary N) is 1. The van der Waals surface area contributed by atoms with Crippen molar-refractivity contribution in [3.63, 3.8) is 0 Å². The van der Waals surface area contributed by atoms with E-state index in [9.17, 15) is 35.8 Å². The number of unbranched alkanes of at least 4 members (excludes halogenated alkanes) is 1. The van der Waals surface area contributed by atoms with E-state index >= 15 is 0 Å². The zero-order valence-electron chi connectivity index (χ0n) is 26.9. The van der Waals surface area contributed by atoms with Gasteiger partial charge >= 0.3 is 65.1 Å². The van der Waals surface area contributed by atoms with E-state index in [-0.39, 0.29) is 108 Å². The minimum atomic E-state index is -5.05. The molecule has 1 heterocycles. The molecule has 4 rings (SSSR count). The van der Waals surface area contributed by atoms with Crippen LogP contribution in [-0.2, 0) is 25.0 Å². The van der Waals surface area contributed by atoms with Gasteiger partial charge in [-0.2, -0.15) is 36.9 Å². The number of nitrogens with zero attached hydrogens (tertiary/aromatic N) is 5. The van der Waals surface area contributed by atoms with Crippen molar-refractivity contribution < 1.29 is 103 Å². The van der Waals surface area contributed by atoms with Crippen LogP contribution in [0.2, 0.25) is 5.28 Å². The molecular formula is C25H27ClN8Na2O9S2. The summed E-state index contributed by atoms with van der Waals surface area (Å²) in [6.45, 7) is 0.294. The van der Waals surface area contributed by atoms with Gasteiger partial charge in [-0.15, -0.1) is 5.11 Å². The topological polar surface area (TPSA) is 280 Å². The first-order valence-electron chi connectivity index (χ1n) is 12.8. The van der Waals surface area contributed by atoms with Crippen molar-refractivity contribution in [3.05, 3.63) is 53.8 Å². The van der Waals surface area contributed by atoms with Gasteiger partial charge in [-0.05, 0) is 66.6 Å². The summed E-state index contributed by atoms with van der Waals surface area (Å²) < 4.78 is 68.4. The van der Waals surface area contributed by atoms with Crippen molar-refractivity contribution in [1.29, 1.82) is 0 Å². The molecule has 17 nitrogen and oxygen atoms in total. The van der Waals surface area contributed by atoms with Crippen LogP contribution >= 0.6 is 11.6 Å². The van der Waals surface area contributed by atoms with E-state index in [4.69, 9.17) is 22.4 Å². The summed E-state index contributed by atoms with van der Waals surface area (Å²) in [5, 5.41) is 32.7. The Bertz CT molecular complexity index is 2020. The van der Waals surface area contributed by atoms with Gasteiger partial charge in [0.15, 0.2) is 5.75 Å². The molecule has 0 spiro atoms. The van der Waals surface area contributed by atoms with Crippen molar-refractivity contribution in [2.24, 2.45) is 16.0 Å². The molecule has 1 atom stereocenters. The summed E-state index contributed by atoms with van der Waals surface area (Å²) in [7, 11) is -9.93. The summed E-state index contributed by atoms with van der Waals surface area (Å²) in [6, 6.07) is 9.68. The molecule has 0 saturated heterocycles. The van der Waals surface area contributed by atoms with Crippen molar-refractivity contribution in [2.45, 2.75) is 35.1 Å². The Hall–Kier alpha value is -2.53. The number of carboxylic acid groups (broad SMARTS) is 1. The van der Waals surface area contributed by atoms with E-state index < -0.39 is 53.5 Å². The number of phenols is 1. The van der Waals surface area contributed by atoms with Crippen LogP contribution in [0.4, 0.5) is 29.0 Å². The van der Waals surface area contributed by atoms with Crippen molar-refractivity contribution >= 4 is 77.5 Å². The SMILES string of the molecule is NC(CCCCNc1nc(Cl)nc(Nc2cc(S(=O)(=O)O)cc3cc(S(=O)(=O)O)c(N=Nc4ccccc4)c(O)c23)n1)C(=O)O.[H-].[H-].[Na+].[Na+]. The number of rotatable bonds is 13. The molecule has 1 unspecified atom stereocenters. The Kier molecular flexibility index (Phi) is 14.9. The fraction of sp³-hybridized carbons (Fsp3) is 0.200. The maximum absolute atomic E-state index is 12.3. The van der Waals surface area contributed by atoms with E-state index in [0.717, 1.165) is 18.2 Å². The number of fused-ring (bicyclic) bond motifs is 1. The molecule has 1 aromatic heterocycles. The third-order valence-electron chi connectivity index (χ3n) is 6.12. The van der Waals surface area contributed by atoms with Crippen LogP contribution in [0.25, 0.3) is 10.8 Å². The number of halogens is 1. The fourth-order valence-corrected chi connectivity index (χ4v) is 5.38. The molecule has 3 aromatic carbocycles. The minimum Gasteiger partial charge on any atom is -1.00 e. The summed E-state index contributed by atoms with van der Waals surface area (Å²) in [6.07, 6.45) is 1.22. The molecule has 0 amide bonds. The molecular weight excluding hydrogens is 702 g/mol. The number of carboxylic acids is 1. The molecule has 22 heteroatoms. The Morgan fingerprint density at radius 1 is 0.957 bits per heavy atom. The first-order valence-corrected chi connectivity index (χ1v) is 16.1. The van der Waals surface area contributed by atoms with E-state index in [2.05, 4.69) is 35.8 Å². The molecule has 8 N–H and O–H groups in total. The Morgan fingerprint density at radius 3 is 2.23 bits per heavy atom. The number of carbonyl (C=O) groups is 1. The van der Waals surface area contributed by atoms with Crippen LogP contribution in [-0.4, -0.2) is 69.7 Å². The van der Waals surface area contributed by atoms with E-state index in [1.165, 1.54) is 0 Å². The molecule has 4 aromatic rings. The number of nitrogens with one attached hydrogen (secondary N) is 2. The quantitative estimate of drug-likeness (QED) is 0.0348. The van der Waals surface area contributed by atoms with E-state index in [0.29, 0.717) is 19.4 Å². The van der Waals surface area contributed by atoms with Crippen molar-refractivity contribution in [1.82, 2.24) is 15.0 Å². The van der Waals surface area contributed by atoms with Crippen LogP contribution in [0, 0.1) is 0 Å². The van der Waals surface area contributed by atoms with Crippen LogP contribution in [0.15, 0.2) is 68.6 Å². The third kappa shape index (κ3) is 11.0. The van der Waals surface area contributed by atoms with Gasteiger partial charge in [0.2, 0.25) is 17.2 Å². The fourth-order valence-electron chi connectivity index (χ4n) is 4.02. The number of anilines is 3. The third-order valence-corrected chi connectivity index (χ3v) is 7.99.